The van der Waals surface area contributed by atoms with Crippen molar-refractivity contribution >= 4 is 48.1 Å². The van der Waals surface area contributed by atoms with Gasteiger partial charge in [-0.1, -0.05) is 24.3 Å². The van der Waals surface area contributed by atoms with Gasteiger partial charge < -0.3 is 10.5 Å². The first-order chi connectivity index (χ1) is 19.9. The van der Waals surface area contributed by atoms with Crippen LogP contribution in [0.2, 0.25) is 0 Å². The van der Waals surface area contributed by atoms with E-state index in [9.17, 15) is 25.6 Å². The lowest BCUT2D eigenvalue weighted by atomic mass is 9.99. The number of sulfonamides is 2. The molecule has 5 aromatic rings. The lowest BCUT2D eigenvalue weighted by molar-refractivity contribution is 0.400. The Morgan fingerprint density at radius 1 is 0.857 bits per heavy atom. The third kappa shape index (κ3) is 5.80. The molecule has 216 valence electrons. The molecule has 0 aliphatic rings. The molecule has 0 spiro atoms. The minimum absolute atomic E-state index is 0.0746. The number of benzene rings is 3. The van der Waals surface area contributed by atoms with E-state index in [0.29, 0.717) is 44.9 Å². The fourth-order valence-corrected chi connectivity index (χ4v) is 6.12. The lowest BCUT2D eigenvalue weighted by Crippen LogP contribution is -2.16. The van der Waals surface area contributed by atoms with E-state index >= 15 is 0 Å². The van der Waals surface area contributed by atoms with Crippen LogP contribution in [0.4, 0.5) is 26.0 Å². The predicted octanol–water partition coefficient (Wildman–Crippen LogP) is 5.01. The Hall–Kier alpha value is -4.82. The summed E-state index contributed by atoms with van der Waals surface area (Å²) in [6.07, 6.45) is 2.45. The quantitative estimate of drug-likeness (QED) is 0.221. The van der Waals surface area contributed by atoms with Crippen LogP contribution in [-0.4, -0.2) is 40.2 Å². The van der Waals surface area contributed by atoms with Crippen molar-refractivity contribution in [3.05, 3.63) is 90.6 Å². The number of para-hydroxylation sites is 1. The van der Waals surface area contributed by atoms with E-state index in [1.54, 1.807) is 54.6 Å². The Morgan fingerprint density at radius 3 is 2.33 bits per heavy atom. The zero-order chi connectivity index (χ0) is 30.2. The molecule has 0 saturated carbocycles. The molecule has 42 heavy (non-hydrogen) atoms. The number of anilines is 3. The summed E-state index contributed by atoms with van der Waals surface area (Å²) in [6, 6.07) is 17.2. The van der Waals surface area contributed by atoms with Crippen LogP contribution in [0.5, 0.6) is 5.88 Å². The Morgan fingerprint density at radius 2 is 1.62 bits per heavy atom. The van der Waals surface area contributed by atoms with Crippen molar-refractivity contribution in [1.29, 1.82) is 0 Å². The first-order valence-electron chi connectivity index (χ1n) is 12.1. The average Bonchev–Trinajstić information content (AvgIpc) is 2.92. The molecule has 2 heterocycles. The van der Waals surface area contributed by atoms with E-state index in [1.165, 1.54) is 13.3 Å². The number of ether oxygens (including phenoxy) is 1. The number of fused-ring (bicyclic) bond motifs is 1. The van der Waals surface area contributed by atoms with E-state index in [-0.39, 0.29) is 17.4 Å². The van der Waals surface area contributed by atoms with Crippen LogP contribution in [0.1, 0.15) is 0 Å². The number of halogens is 2. The first-order valence-corrected chi connectivity index (χ1v) is 15.5. The Kier molecular flexibility index (Phi) is 7.43. The summed E-state index contributed by atoms with van der Waals surface area (Å²) in [5.74, 6) is -2.11. The molecule has 10 nitrogen and oxygen atoms in total. The number of pyridine rings is 2. The molecule has 0 amide bonds. The number of nitrogens with one attached hydrogen (secondary N) is 2. The van der Waals surface area contributed by atoms with Crippen LogP contribution in [-0.2, 0) is 20.0 Å². The van der Waals surface area contributed by atoms with Gasteiger partial charge >= 0.3 is 0 Å². The highest BCUT2D eigenvalue weighted by Crippen LogP contribution is 2.39. The van der Waals surface area contributed by atoms with Crippen molar-refractivity contribution in [3.8, 4) is 28.1 Å². The van der Waals surface area contributed by atoms with E-state index in [1.807, 2.05) is 0 Å². The molecule has 0 saturated heterocycles. The molecule has 0 aliphatic carbocycles. The summed E-state index contributed by atoms with van der Waals surface area (Å²) < 4.78 is 88.1. The zero-order valence-electron chi connectivity index (χ0n) is 22.1. The molecule has 3 aromatic carbocycles. The second kappa shape index (κ2) is 10.9. The maximum absolute atomic E-state index is 14.4. The van der Waals surface area contributed by atoms with Crippen molar-refractivity contribution < 1.29 is 30.4 Å². The molecule has 5 rings (SSSR count). The van der Waals surface area contributed by atoms with Gasteiger partial charge in [0, 0.05) is 34.3 Å². The molecule has 2 aromatic heterocycles. The Bertz CT molecular complexity index is 2070. The molecule has 0 fully saturated rings. The second-order valence-corrected chi connectivity index (χ2v) is 12.6. The van der Waals surface area contributed by atoms with Crippen molar-refractivity contribution in [3.63, 3.8) is 0 Å². The van der Waals surface area contributed by atoms with E-state index < -0.39 is 36.6 Å². The highest BCUT2D eigenvalue weighted by Gasteiger charge is 2.24. The smallest absolute Gasteiger partial charge is 0.265 e. The number of nitrogen functional groups attached to an aromatic ring is 1. The monoisotopic (exact) mass is 611 g/mol. The van der Waals surface area contributed by atoms with Crippen molar-refractivity contribution in [2.75, 3.05) is 28.5 Å². The van der Waals surface area contributed by atoms with Crippen LogP contribution in [0.25, 0.3) is 33.2 Å². The number of hydrogen-bond acceptors (Lipinski definition) is 8. The molecular formula is C28H23F2N5O5S2. The van der Waals surface area contributed by atoms with Crippen molar-refractivity contribution in [2.45, 2.75) is 4.90 Å². The van der Waals surface area contributed by atoms with Gasteiger partial charge in [0.1, 0.15) is 28.0 Å². The largest absolute Gasteiger partial charge is 0.479 e. The number of aromatic nitrogens is 2. The van der Waals surface area contributed by atoms with Gasteiger partial charge in [-0.3, -0.25) is 9.44 Å². The first kappa shape index (κ1) is 28.7. The van der Waals surface area contributed by atoms with Crippen LogP contribution < -0.4 is 19.9 Å². The van der Waals surface area contributed by atoms with Crippen LogP contribution in [0.3, 0.4) is 0 Å². The lowest BCUT2D eigenvalue weighted by Gasteiger charge is -2.16. The SMILES string of the molecule is COc1nccc(-c2ccc3nc(N)c(-c4ccccc4NS(C)(=O)=O)cc3c2)c1NS(=O)(=O)c1ccc(F)cc1F. The molecule has 0 atom stereocenters. The van der Waals surface area contributed by atoms with Crippen LogP contribution >= 0.6 is 0 Å². The zero-order valence-corrected chi connectivity index (χ0v) is 23.7. The van der Waals surface area contributed by atoms with Gasteiger partial charge in [0.05, 0.1) is 24.6 Å². The van der Waals surface area contributed by atoms with Gasteiger partial charge in [-0.2, -0.15) is 0 Å². The van der Waals surface area contributed by atoms with E-state index in [2.05, 4.69) is 19.4 Å². The van der Waals surface area contributed by atoms with Gasteiger partial charge in [-0.05, 0) is 48.0 Å². The fraction of sp³-hybridized carbons (Fsp3) is 0.0714. The van der Waals surface area contributed by atoms with Crippen LogP contribution in [0, 0.1) is 11.6 Å². The number of methoxy groups -OCH3 is 1. The fourth-order valence-electron chi connectivity index (χ4n) is 4.40. The molecule has 0 unspecified atom stereocenters. The number of nitrogens with two attached hydrogens (primary N) is 1. The molecule has 0 aliphatic heterocycles. The maximum Gasteiger partial charge on any atom is 0.265 e. The summed E-state index contributed by atoms with van der Waals surface area (Å²) in [5.41, 5.74) is 8.84. The van der Waals surface area contributed by atoms with Crippen LogP contribution in [0.15, 0.2) is 83.9 Å². The number of hydrogen-bond donors (Lipinski definition) is 3. The standard InChI is InChI=1S/C28H23F2N5O5S2/c1-40-28-26(35-42(38,39)25-10-8-18(29)15-22(25)30)19(11-12-32-28)16-7-9-23-17(13-16)14-21(27(31)33-23)20-5-3-4-6-24(20)34-41(2,36)37/h3-15,34-35H,1-2H3,(H2,31,33). The topological polar surface area (TPSA) is 153 Å². The maximum atomic E-state index is 14.4. The Labute approximate surface area is 240 Å². The summed E-state index contributed by atoms with van der Waals surface area (Å²) >= 11 is 0. The summed E-state index contributed by atoms with van der Waals surface area (Å²) in [6.45, 7) is 0. The number of nitrogens with zero attached hydrogens (tertiary/aromatic N) is 2. The van der Waals surface area contributed by atoms with Gasteiger partial charge in [-0.15, -0.1) is 0 Å². The average molecular weight is 612 g/mol. The predicted molar refractivity (Wildman–Crippen MR) is 157 cm³/mol. The molecule has 0 radical (unpaired) electrons. The third-order valence-corrected chi connectivity index (χ3v) is 8.17. The summed E-state index contributed by atoms with van der Waals surface area (Å²) in [5, 5.41) is 0.597. The molecule has 14 heteroatoms. The highest BCUT2D eigenvalue weighted by atomic mass is 32.2. The van der Waals surface area contributed by atoms with Gasteiger partial charge in [-0.25, -0.2) is 35.6 Å². The minimum atomic E-state index is -4.53. The van der Waals surface area contributed by atoms with E-state index in [0.717, 1.165) is 18.4 Å². The second-order valence-electron chi connectivity index (χ2n) is 9.17. The molecule has 0 bridgehead atoms. The summed E-state index contributed by atoms with van der Waals surface area (Å²) in [4.78, 5) is 7.79. The normalized spacial score (nSPS) is 11.8. The minimum Gasteiger partial charge on any atom is -0.479 e. The number of rotatable bonds is 8. The van der Waals surface area contributed by atoms with Gasteiger partial charge in [0.15, 0.2) is 0 Å². The van der Waals surface area contributed by atoms with E-state index in [4.69, 9.17) is 10.5 Å². The highest BCUT2D eigenvalue weighted by molar-refractivity contribution is 7.92. The van der Waals surface area contributed by atoms with Crippen molar-refractivity contribution in [2.24, 2.45) is 0 Å². The summed E-state index contributed by atoms with van der Waals surface area (Å²) in [7, 11) is -6.82. The molecular weight excluding hydrogens is 588 g/mol. The third-order valence-electron chi connectivity index (χ3n) is 6.20. The Balaban J connectivity index is 1.63. The van der Waals surface area contributed by atoms with Gasteiger partial charge in [0.2, 0.25) is 15.9 Å². The van der Waals surface area contributed by atoms with Crippen molar-refractivity contribution in [1.82, 2.24) is 9.97 Å². The van der Waals surface area contributed by atoms with Gasteiger partial charge in [0.25, 0.3) is 10.0 Å². The molecule has 4 N–H and O–H groups in total.